The van der Waals surface area contributed by atoms with E-state index in [1.54, 1.807) is 12.1 Å². The maximum absolute atomic E-state index is 13.4. The first-order chi connectivity index (χ1) is 24.5. The molecule has 2 N–H and O–H groups in total. The summed E-state index contributed by atoms with van der Waals surface area (Å²) in [7, 11) is 0. The lowest BCUT2D eigenvalue weighted by atomic mass is 10.0. The van der Waals surface area contributed by atoms with Gasteiger partial charge in [-0.1, -0.05) is 103 Å². The van der Waals surface area contributed by atoms with Crippen LogP contribution in [0.2, 0.25) is 0 Å². The molecule has 1 fully saturated rings. The quantitative estimate of drug-likeness (QED) is 0.130. The highest BCUT2D eigenvalue weighted by atomic mass is 16.7. The highest BCUT2D eigenvalue weighted by Crippen LogP contribution is 2.35. The topological polar surface area (TPSA) is 117 Å². The van der Waals surface area contributed by atoms with Crippen LogP contribution in [0.25, 0.3) is 22.1 Å². The molecule has 0 radical (unpaired) electrons. The van der Waals surface area contributed by atoms with E-state index in [2.05, 4.69) is 0 Å². The number of benzene rings is 5. The Kier molecular flexibility index (Phi) is 10.2. The zero-order chi connectivity index (χ0) is 34.3. The molecule has 4 atom stereocenters. The predicted octanol–water partition coefficient (Wildman–Crippen LogP) is 7.36. The van der Waals surface area contributed by atoms with Gasteiger partial charge in [0.2, 0.25) is 11.7 Å². The Labute approximate surface area is 288 Å². The van der Waals surface area contributed by atoms with Crippen LogP contribution >= 0.6 is 0 Å². The third-order valence-corrected chi connectivity index (χ3v) is 8.49. The van der Waals surface area contributed by atoms with Gasteiger partial charge in [-0.25, -0.2) is 0 Å². The second-order valence-electron chi connectivity index (χ2n) is 12.0. The number of fused-ring (bicyclic) bond motifs is 1. The molecule has 5 aromatic carbocycles. The van der Waals surface area contributed by atoms with E-state index in [0.717, 1.165) is 16.7 Å². The Morgan fingerprint density at radius 2 is 1.24 bits per heavy atom. The standard InChI is InChI=1S/C41H36O9/c42-31-18-16-30(17-19-31)33-25-46-35-21-32(20-34(43)37(35)38(33)44)49-41-40(48-24-29-14-8-3-9-15-29)39(47-23-28-12-6-2-7-13-28)36(50-41)26-45-22-27-10-4-1-5-11-27/h1-21,25,36,39-43H,22-24,26H2/t36-,39-,40+,41+/m1/s1. The third-order valence-electron chi connectivity index (χ3n) is 8.49. The molecule has 1 saturated heterocycles. The van der Waals surface area contributed by atoms with Crippen LogP contribution in [0.3, 0.4) is 0 Å². The van der Waals surface area contributed by atoms with Crippen LogP contribution in [0.15, 0.2) is 143 Å². The van der Waals surface area contributed by atoms with Gasteiger partial charge in [-0.05, 0) is 34.4 Å². The normalized spacial score (nSPS) is 18.7. The van der Waals surface area contributed by atoms with Crippen molar-refractivity contribution in [2.75, 3.05) is 6.61 Å². The van der Waals surface area contributed by atoms with Crippen molar-refractivity contribution in [3.05, 3.63) is 161 Å². The summed E-state index contributed by atoms with van der Waals surface area (Å²) in [5.41, 5.74) is 3.47. The predicted molar refractivity (Wildman–Crippen MR) is 187 cm³/mol. The van der Waals surface area contributed by atoms with Crippen LogP contribution in [0.4, 0.5) is 0 Å². The van der Waals surface area contributed by atoms with Crippen LogP contribution in [-0.4, -0.2) is 41.4 Å². The van der Waals surface area contributed by atoms with Gasteiger partial charge in [0.05, 0.1) is 32.0 Å². The highest BCUT2D eigenvalue weighted by molar-refractivity contribution is 5.88. The maximum Gasteiger partial charge on any atom is 0.229 e. The molecule has 0 saturated carbocycles. The molecule has 9 heteroatoms. The smallest absolute Gasteiger partial charge is 0.229 e. The van der Waals surface area contributed by atoms with Gasteiger partial charge >= 0.3 is 0 Å². The van der Waals surface area contributed by atoms with E-state index in [4.69, 9.17) is 28.1 Å². The van der Waals surface area contributed by atoms with Gasteiger partial charge in [0.1, 0.15) is 52.8 Å². The summed E-state index contributed by atoms with van der Waals surface area (Å²) in [6.45, 7) is 1.18. The molecular weight excluding hydrogens is 636 g/mol. The second kappa shape index (κ2) is 15.4. The molecule has 0 aliphatic carbocycles. The largest absolute Gasteiger partial charge is 0.508 e. The Balaban J connectivity index is 1.17. The van der Waals surface area contributed by atoms with Crippen LogP contribution < -0.4 is 10.2 Å². The Morgan fingerprint density at radius 3 is 1.86 bits per heavy atom. The Morgan fingerprint density at radius 1 is 0.660 bits per heavy atom. The number of aromatic hydroxyl groups is 2. The first kappa shape index (κ1) is 33.1. The minimum atomic E-state index is -0.968. The molecule has 1 aliphatic heterocycles. The monoisotopic (exact) mass is 672 g/mol. The molecule has 0 unspecified atom stereocenters. The molecule has 0 amide bonds. The van der Waals surface area contributed by atoms with Gasteiger partial charge < -0.3 is 38.3 Å². The number of hydrogen-bond acceptors (Lipinski definition) is 9. The fourth-order valence-electron chi connectivity index (χ4n) is 5.95. The molecule has 6 aromatic rings. The van der Waals surface area contributed by atoms with Crippen molar-refractivity contribution >= 4 is 11.0 Å². The van der Waals surface area contributed by atoms with Crippen LogP contribution in [-0.2, 0) is 38.8 Å². The zero-order valence-electron chi connectivity index (χ0n) is 27.1. The minimum absolute atomic E-state index is 0.00315. The van der Waals surface area contributed by atoms with Crippen LogP contribution in [0.5, 0.6) is 17.2 Å². The van der Waals surface area contributed by atoms with E-state index in [9.17, 15) is 15.0 Å². The van der Waals surface area contributed by atoms with Crippen molar-refractivity contribution in [2.45, 2.75) is 44.4 Å². The van der Waals surface area contributed by atoms with Crippen molar-refractivity contribution in [2.24, 2.45) is 0 Å². The van der Waals surface area contributed by atoms with Gasteiger partial charge in [-0.15, -0.1) is 0 Å². The first-order valence-corrected chi connectivity index (χ1v) is 16.3. The molecule has 9 nitrogen and oxygen atoms in total. The lowest BCUT2D eigenvalue weighted by Gasteiger charge is -2.25. The van der Waals surface area contributed by atoms with Crippen molar-refractivity contribution in [1.29, 1.82) is 0 Å². The van der Waals surface area contributed by atoms with E-state index in [0.29, 0.717) is 18.8 Å². The van der Waals surface area contributed by atoms with E-state index < -0.39 is 30.0 Å². The van der Waals surface area contributed by atoms with Gasteiger partial charge in [0.25, 0.3) is 0 Å². The summed E-state index contributed by atoms with van der Waals surface area (Å²) < 4.78 is 37.8. The molecule has 1 aliphatic rings. The molecule has 254 valence electrons. The summed E-state index contributed by atoms with van der Waals surface area (Å²) in [6, 6.07) is 38.5. The fourth-order valence-corrected chi connectivity index (χ4v) is 5.95. The Bertz CT molecular complexity index is 2050. The van der Waals surface area contributed by atoms with Crippen LogP contribution in [0, 0.1) is 0 Å². The fraction of sp³-hybridized carbons (Fsp3) is 0.195. The van der Waals surface area contributed by atoms with E-state index in [1.807, 2.05) is 91.0 Å². The molecule has 0 bridgehead atoms. The van der Waals surface area contributed by atoms with Crippen molar-refractivity contribution in [3.63, 3.8) is 0 Å². The molecule has 2 heterocycles. The number of ether oxygens (including phenoxy) is 5. The summed E-state index contributed by atoms with van der Waals surface area (Å²) in [4.78, 5) is 13.4. The van der Waals surface area contributed by atoms with E-state index in [-0.39, 0.29) is 47.0 Å². The van der Waals surface area contributed by atoms with Gasteiger partial charge in [-0.2, -0.15) is 0 Å². The number of rotatable bonds is 13. The minimum Gasteiger partial charge on any atom is -0.508 e. The number of hydrogen-bond donors (Lipinski definition) is 2. The average molecular weight is 673 g/mol. The molecular formula is C41H36O9. The number of phenolic OH excluding ortho intramolecular Hbond substituents is 2. The summed E-state index contributed by atoms with van der Waals surface area (Å²) >= 11 is 0. The third kappa shape index (κ3) is 7.72. The lowest BCUT2D eigenvalue weighted by molar-refractivity contribution is -0.138. The molecule has 7 rings (SSSR count). The lowest BCUT2D eigenvalue weighted by Crippen LogP contribution is -2.40. The van der Waals surface area contributed by atoms with Crippen molar-refractivity contribution in [1.82, 2.24) is 0 Å². The van der Waals surface area contributed by atoms with E-state index in [1.165, 1.54) is 30.5 Å². The molecule has 0 spiro atoms. The van der Waals surface area contributed by atoms with Gasteiger partial charge in [0, 0.05) is 12.1 Å². The molecule has 1 aromatic heterocycles. The van der Waals surface area contributed by atoms with Crippen molar-refractivity contribution < 1.29 is 38.3 Å². The van der Waals surface area contributed by atoms with Gasteiger partial charge in [-0.3, -0.25) is 4.79 Å². The van der Waals surface area contributed by atoms with Gasteiger partial charge in [0.15, 0.2) is 0 Å². The second-order valence-corrected chi connectivity index (χ2v) is 12.0. The molecule has 50 heavy (non-hydrogen) atoms. The Hall–Kier alpha value is -5.45. The number of phenols is 2. The van der Waals surface area contributed by atoms with Crippen molar-refractivity contribution in [3.8, 4) is 28.4 Å². The zero-order valence-corrected chi connectivity index (χ0v) is 27.1. The van der Waals surface area contributed by atoms with E-state index >= 15 is 0 Å². The first-order valence-electron chi connectivity index (χ1n) is 16.3. The maximum atomic E-state index is 13.4. The summed E-state index contributed by atoms with van der Waals surface area (Å²) in [5.74, 6) is -0.0331. The SMILES string of the molecule is O=c1c(-c2ccc(O)cc2)coc2cc(O[C@H]3O[C@H](COCc4ccccc4)[C@@H](OCc4ccccc4)[C@@H]3OCc3ccccc3)cc(O)c12. The summed E-state index contributed by atoms with van der Waals surface area (Å²) in [5, 5.41) is 20.7. The summed E-state index contributed by atoms with van der Waals surface area (Å²) in [6.07, 6.45) is -1.49. The highest BCUT2D eigenvalue weighted by Gasteiger charge is 2.48. The average Bonchev–Trinajstić information content (AvgIpc) is 3.46. The van der Waals surface area contributed by atoms with Crippen LogP contribution in [0.1, 0.15) is 16.7 Å².